The van der Waals surface area contributed by atoms with Crippen LogP contribution in [0, 0.1) is 20.2 Å². The minimum Gasteiger partial charge on any atom is -0.448 e. The zero-order chi connectivity index (χ0) is 20.0. The molecule has 2 rings (SSSR count). The molecular formula is C15H13N3O8S. The molecule has 0 aromatic heterocycles. The lowest BCUT2D eigenvalue weighted by atomic mass is 10.3. The quantitative estimate of drug-likeness (QED) is 0.532. The van der Waals surface area contributed by atoms with Crippen LogP contribution in [-0.2, 0) is 14.7 Å². The molecule has 0 aliphatic carbocycles. The number of benzene rings is 2. The molecule has 1 atom stereocenters. The maximum atomic E-state index is 13.3. The summed E-state index contributed by atoms with van der Waals surface area (Å²) in [6.45, 7) is 1.43. The highest BCUT2D eigenvalue weighted by atomic mass is 32.2. The van der Waals surface area contributed by atoms with Gasteiger partial charge in [0.1, 0.15) is 5.75 Å². The molecule has 0 saturated carbocycles. The Balaban J connectivity index is 2.58. The van der Waals surface area contributed by atoms with E-state index in [9.17, 15) is 29.2 Å². The number of amides is 1. The number of rotatable bonds is 6. The first-order valence-electron chi connectivity index (χ1n) is 7.38. The van der Waals surface area contributed by atoms with E-state index in [-0.39, 0.29) is 18.0 Å². The van der Waals surface area contributed by atoms with Crippen molar-refractivity contribution < 1.29 is 27.8 Å². The van der Waals surface area contributed by atoms with E-state index in [1.165, 1.54) is 19.1 Å². The van der Waals surface area contributed by atoms with E-state index in [1.807, 2.05) is 0 Å². The summed E-state index contributed by atoms with van der Waals surface area (Å²) in [5.74, 6) is -0.142. The minimum absolute atomic E-state index is 0.0632. The molecule has 0 spiro atoms. The molecule has 0 bridgehead atoms. The standard InChI is InChI=1S/C15H13N3O8S/c1-2-25-15(19)16-27(24,14-6-4-3-5-13(14)18(22)23)26-12-9-7-11(8-10-12)17(20)21/h3-10H,2H2,1H3/t27-/m0/s1. The Bertz CT molecular complexity index is 996. The Labute approximate surface area is 153 Å². The molecular weight excluding hydrogens is 382 g/mol. The second kappa shape index (κ2) is 8.23. The topological polar surface area (TPSA) is 151 Å². The summed E-state index contributed by atoms with van der Waals surface area (Å²) in [6, 6.07) is 9.35. The number of hydrogen-bond donors (Lipinski definition) is 0. The van der Waals surface area contributed by atoms with E-state index in [1.54, 1.807) is 0 Å². The Morgan fingerprint density at radius 3 is 2.26 bits per heavy atom. The van der Waals surface area contributed by atoms with Gasteiger partial charge in [-0.25, -0.2) is 9.00 Å². The summed E-state index contributed by atoms with van der Waals surface area (Å²) in [6.07, 6.45) is -1.23. The third-order valence-electron chi connectivity index (χ3n) is 3.06. The van der Waals surface area contributed by atoms with Crippen LogP contribution in [0.15, 0.2) is 57.8 Å². The fourth-order valence-corrected chi connectivity index (χ4v) is 3.44. The van der Waals surface area contributed by atoms with Crippen molar-refractivity contribution in [2.45, 2.75) is 11.8 Å². The van der Waals surface area contributed by atoms with Gasteiger partial charge >= 0.3 is 6.09 Å². The van der Waals surface area contributed by atoms with E-state index >= 15 is 0 Å². The molecule has 0 heterocycles. The molecule has 2 aromatic rings. The highest BCUT2D eigenvalue weighted by Crippen LogP contribution is 2.29. The van der Waals surface area contributed by atoms with E-state index in [4.69, 9.17) is 4.18 Å². The molecule has 0 radical (unpaired) electrons. The van der Waals surface area contributed by atoms with Crippen molar-refractivity contribution in [1.29, 1.82) is 0 Å². The molecule has 1 amide bonds. The van der Waals surface area contributed by atoms with Gasteiger partial charge in [0, 0.05) is 18.2 Å². The fourth-order valence-electron chi connectivity index (χ4n) is 1.94. The highest BCUT2D eigenvalue weighted by Gasteiger charge is 2.27. The van der Waals surface area contributed by atoms with Crippen LogP contribution in [0.3, 0.4) is 0 Å². The maximum Gasteiger partial charge on any atom is 0.444 e. The second-order valence-corrected chi connectivity index (χ2v) is 6.56. The van der Waals surface area contributed by atoms with Gasteiger partial charge in [0.05, 0.1) is 16.5 Å². The SMILES string of the molecule is CCOC(=O)N=[S@@](=O)(Oc1ccc([N+](=O)[O-])cc1)c1ccccc1[N+](=O)[O-]. The summed E-state index contributed by atoms with van der Waals surface area (Å²) >= 11 is 0. The first-order chi connectivity index (χ1) is 12.8. The van der Waals surface area contributed by atoms with Crippen molar-refractivity contribution in [3.8, 4) is 5.75 Å². The monoisotopic (exact) mass is 395 g/mol. The van der Waals surface area contributed by atoms with Crippen LogP contribution in [-0.4, -0.2) is 26.8 Å². The van der Waals surface area contributed by atoms with E-state index in [0.717, 1.165) is 36.4 Å². The number of ether oxygens (including phenoxy) is 1. The van der Waals surface area contributed by atoms with Gasteiger partial charge in [0.2, 0.25) is 0 Å². The predicted octanol–water partition coefficient (Wildman–Crippen LogP) is 3.48. The van der Waals surface area contributed by atoms with Gasteiger partial charge in [-0.1, -0.05) is 16.5 Å². The van der Waals surface area contributed by atoms with E-state index in [2.05, 4.69) is 9.10 Å². The lowest BCUT2D eigenvalue weighted by Crippen LogP contribution is -2.15. The van der Waals surface area contributed by atoms with Crippen LogP contribution < -0.4 is 4.18 Å². The van der Waals surface area contributed by atoms with Crippen molar-refractivity contribution in [3.63, 3.8) is 0 Å². The van der Waals surface area contributed by atoms with E-state index < -0.39 is 36.5 Å². The van der Waals surface area contributed by atoms with Gasteiger partial charge in [0.25, 0.3) is 21.4 Å². The molecule has 12 heteroatoms. The predicted molar refractivity (Wildman–Crippen MR) is 92.7 cm³/mol. The number of hydrogen-bond acceptors (Lipinski definition) is 8. The van der Waals surface area contributed by atoms with Crippen molar-refractivity contribution >= 4 is 27.5 Å². The van der Waals surface area contributed by atoms with Crippen molar-refractivity contribution in [2.75, 3.05) is 6.61 Å². The average molecular weight is 395 g/mol. The number of nitro benzene ring substituents is 2. The third kappa shape index (κ3) is 4.76. The number of nitrogens with zero attached hydrogens (tertiary/aromatic N) is 3. The zero-order valence-corrected chi connectivity index (χ0v) is 14.7. The van der Waals surface area contributed by atoms with E-state index in [0.29, 0.717) is 0 Å². The molecule has 0 fully saturated rings. The smallest absolute Gasteiger partial charge is 0.444 e. The molecule has 0 aliphatic rings. The normalized spacial score (nSPS) is 12.5. The number of carbonyl (C=O) groups is 1. The van der Waals surface area contributed by atoms with Crippen LogP contribution in [0.5, 0.6) is 5.75 Å². The highest BCUT2D eigenvalue weighted by molar-refractivity contribution is 7.89. The lowest BCUT2D eigenvalue weighted by molar-refractivity contribution is -0.387. The number of nitro groups is 2. The number of non-ortho nitro benzene ring substituents is 1. The molecule has 0 saturated heterocycles. The summed E-state index contributed by atoms with van der Waals surface area (Å²) in [4.78, 5) is 31.8. The van der Waals surface area contributed by atoms with Crippen LogP contribution in [0.4, 0.5) is 16.2 Å². The molecule has 0 aliphatic heterocycles. The molecule has 0 N–H and O–H groups in total. The third-order valence-corrected chi connectivity index (χ3v) is 4.77. The van der Waals surface area contributed by atoms with Crippen LogP contribution >= 0.6 is 0 Å². The van der Waals surface area contributed by atoms with Gasteiger partial charge < -0.3 is 8.92 Å². The number of carbonyl (C=O) groups excluding carboxylic acids is 1. The first kappa shape index (κ1) is 19.8. The molecule has 2 aromatic carbocycles. The first-order valence-corrected chi connectivity index (χ1v) is 8.82. The molecule has 11 nitrogen and oxygen atoms in total. The van der Waals surface area contributed by atoms with Gasteiger partial charge in [-0.15, -0.1) is 0 Å². The van der Waals surface area contributed by atoms with Crippen molar-refractivity contribution in [1.82, 2.24) is 0 Å². The minimum atomic E-state index is -4.11. The zero-order valence-electron chi connectivity index (χ0n) is 13.8. The van der Waals surface area contributed by atoms with Crippen LogP contribution in [0.1, 0.15) is 6.92 Å². The summed E-state index contributed by atoms with van der Waals surface area (Å²) in [7, 11) is -4.11. The Morgan fingerprint density at radius 1 is 1.07 bits per heavy atom. The molecule has 27 heavy (non-hydrogen) atoms. The van der Waals surface area contributed by atoms with Gasteiger partial charge in [-0.05, 0) is 25.1 Å². The average Bonchev–Trinajstić information content (AvgIpc) is 2.62. The largest absolute Gasteiger partial charge is 0.448 e. The van der Waals surface area contributed by atoms with Gasteiger partial charge in [-0.3, -0.25) is 20.2 Å². The van der Waals surface area contributed by atoms with Gasteiger partial charge in [-0.2, -0.15) is 0 Å². The summed E-state index contributed by atoms with van der Waals surface area (Å²) < 4.78 is 26.5. The Morgan fingerprint density at radius 2 is 1.70 bits per heavy atom. The molecule has 0 unspecified atom stereocenters. The van der Waals surface area contributed by atoms with Crippen LogP contribution in [0.25, 0.3) is 0 Å². The lowest BCUT2D eigenvalue weighted by Gasteiger charge is -2.12. The van der Waals surface area contributed by atoms with Crippen molar-refractivity contribution in [3.05, 3.63) is 68.8 Å². The Hall–Kier alpha value is -3.54. The number of para-hydroxylation sites is 1. The second-order valence-electron chi connectivity index (χ2n) is 4.82. The van der Waals surface area contributed by atoms with Crippen LogP contribution in [0.2, 0.25) is 0 Å². The van der Waals surface area contributed by atoms with Crippen molar-refractivity contribution in [2.24, 2.45) is 4.36 Å². The summed E-state index contributed by atoms with van der Waals surface area (Å²) in [5, 5.41) is 22.0. The fraction of sp³-hybridized carbons (Fsp3) is 0.133. The van der Waals surface area contributed by atoms with Gasteiger partial charge in [0.15, 0.2) is 4.90 Å². The summed E-state index contributed by atoms with van der Waals surface area (Å²) in [5.41, 5.74) is -0.820. The maximum absolute atomic E-state index is 13.3. The Kier molecular flexibility index (Phi) is 6.03. The molecule has 142 valence electrons.